The molecule has 1 heterocycles. The third-order valence-electron chi connectivity index (χ3n) is 4.26. The first-order chi connectivity index (χ1) is 13.0. The van der Waals surface area contributed by atoms with E-state index in [1.165, 1.54) is 36.3 Å². The van der Waals surface area contributed by atoms with Gasteiger partial charge in [0, 0.05) is 24.7 Å². The Morgan fingerprint density at radius 3 is 2.56 bits per heavy atom. The van der Waals surface area contributed by atoms with Gasteiger partial charge in [0.25, 0.3) is 0 Å². The molecular weight excluding hydrogens is 353 g/mol. The van der Waals surface area contributed by atoms with Crippen LogP contribution in [0.3, 0.4) is 0 Å². The molecule has 142 valence electrons. The van der Waals surface area contributed by atoms with Crippen LogP contribution in [0.4, 0.5) is 20.6 Å². The number of hydrogen-bond donors (Lipinski definition) is 2. The van der Waals surface area contributed by atoms with Crippen molar-refractivity contribution in [2.24, 2.45) is 0 Å². The Morgan fingerprint density at radius 1 is 1.15 bits per heavy atom. The highest BCUT2D eigenvalue weighted by Crippen LogP contribution is 2.29. The first-order valence-electron chi connectivity index (χ1n) is 8.35. The minimum absolute atomic E-state index is 0.131. The van der Waals surface area contributed by atoms with E-state index in [0.29, 0.717) is 29.4 Å². The van der Waals surface area contributed by atoms with Gasteiger partial charge in [-0.15, -0.1) is 0 Å². The fourth-order valence-electron chi connectivity index (χ4n) is 2.92. The van der Waals surface area contributed by atoms with Crippen molar-refractivity contribution in [3.63, 3.8) is 0 Å². The number of rotatable bonds is 5. The van der Waals surface area contributed by atoms with E-state index in [4.69, 9.17) is 9.47 Å². The molecule has 27 heavy (non-hydrogen) atoms. The molecule has 1 aliphatic heterocycles. The largest absolute Gasteiger partial charge is 0.497 e. The molecule has 0 spiro atoms. The summed E-state index contributed by atoms with van der Waals surface area (Å²) < 4.78 is 23.4. The first-order valence-corrected chi connectivity index (χ1v) is 8.35. The number of amides is 3. The first kappa shape index (κ1) is 18.5. The van der Waals surface area contributed by atoms with Crippen LogP contribution in [-0.4, -0.2) is 38.7 Å². The summed E-state index contributed by atoms with van der Waals surface area (Å²) in [6, 6.07) is 9.90. The number of carbonyl (C=O) groups is 2. The molecule has 1 aliphatic rings. The van der Waals surface area contributed by atoms with Gasteiger partial charge in [-0.3, -0.25) is 4.79 Å². The fourth-order valence-corrected chi connectivity index (χ4v) is 2.92. The molecule has 0 bridgehead atoms. The number of methoxy groups -OCH3 is 2. The van der Waals surface area contributed by atoms with Crippen LogP contribution < -0.4 is 25.0 Å². The average Bonchev–Trinajstić information content (AvgIpc) is 3.02. The van der Waals surface area contributed by atoms with Crippen LogP contribution in [0.15, 0.2) is 42.5 Å². The number of carbonyl (C=O) groups excluding carboxylic acids is 2. The minimum atomic E-state index is -0.447. The number of ether oxygens (including phenoxy) is 2. The molecule has 0 radical (unpaired) electrons. The molecule has 3 rings (SSSR count). The zero-order valence-electron chi connectivity index (χ0n) is 15.0. The lowest BCUT2D eigenvalue weighted by Crippen LogP contribution is -2.39. The fraction of sp³-hybridized carbons (Fsp3) is 0.263. The number of nitrogens with zero attached hydrogens (tertiary/aromatic N) is 1. The van der Waals surface area contributed by atoms with Crippen molar-refractivity contribution >= 4 is 23.3 Å². The van der Waals surface area contributed by atoms with Gasteiger partial charge in [-0.25, -0.2) is 9.18 Å². The summed E-state index contributed by atoms with van der Waals surface area (Å²) in [4.78, 5) is 26.0. The predicted molar refractivity (Wildman–Crippen MR) is 98.9 cm³/mol. The van der Waals surface area contributed by atoms with Crippen LogP contribution in [0.5, 0.6) is 11.5 Å². The topological polar surface area (TPSA) is 79.9 Å². The van der Waals surface area contributed by atoms with Crippen LogP contribution in [-0.2, 0) is 4.79 Å². The second kappa shape index (κ2) is 7.94. The maximum atomic E-state index is 13.0. The second-order valence-corrected chi connectivity index (χ2v) is 6.05. The van der Waals surface area contributed by atoms with Crippen LogP contribution >= 0.6 is 0 Å². The number of hydrogen-bond acceptors (Lipinski definition) is 4. The zero-order chi connectivity index (χ0) is 19.4. The lowest BCUT2D eigenvalue weighted by molar-refractivity contribution is -0.117. The normalized spacial score (nSPS) is 16.2. The van der Waals surface area contributed by atoms with E-state index in [0.717, 1.165) is 0 Å². The monoisotopic (exact) mass is 373 g/mol. The zero-order valence-corrected chi connectivity index (χ0v) is 15.0. The minimum Gasteiger partial charge on any atom is -0.497 e. The molecule has 0 aromatic heterocycles. The highest BCUT2D eigenvalue weighted by Gasteiger charge is 2.31. The van der Waals surface area contributed by atoms with E-state index in [1.54, 1.807) is 25.3 Å². The summed E-state index contributed by atoms with van der Waals surface area (Å²) >= 11 is 0. The molecule has 1 saturated heterocycles. The number of nitrogens with one attached hydrogen (secondary N) is 2. The van der Waals surface area contributed by atoms with Gasteiger partial charge >= 0.3 is 6.03 Å². The van der Waals surface area contributed by atoms with E-state index in [9.17, 15) is 14.0 Å². The molecule has 7 nitrogen and oxygen atoms in total. The van der Waals surface area contributed by atoms with Gasteiger partial charge in [-0.05, 0) is 36.4 Å². The molecule has 1 atom stereocenters. The van der Waals surface area contributed by atoms with Gasteiger partial charge < -0.3 is 25.0 Å². The standard InChI is InChI=1S/C19H20FN3O4/c1-26-15-7-8-16(17(10-15)27-2)22-19(25)21-13-9-18(24)23(11-13)14-5-3-12(20)4-6-14/h3-8,10,13H,9,11H2,1-2H3,(H2,21,22,25)/t13-/m1/s1. The van der Waals surface area contributed by atoms with E-state index < -0.39 is 6.03 Å². The van der Waals surface area contributed by atoms with Crippen LogP contribution in [0.25, 0.3) is 0 Å². The van der Waals surface area contributed by atoms with E-state index in [-0.39, 0.29) is 24.2 Å². The Bertz CT molecular complexity index is 841. The Kier molecular flexibility index (Phi) is 5.44. The van der Waals surface area contributed by atoms with Crippen molar-refractivity contribution < 1.29 is 23.5 Å². The summed E-state index contributed by atoms with van der Waals surface area (Å²) in [6.45, 7) is 0.317. The Morgan fingerprint density at radius 2 is 1.89 bits per heavy atom. The lowest BCUT2D eigenvalue weighted by Gasteiger charge is -2.18. The van der Waals surface area contributed by atoms with Gasteiger partial charge in [0.2, 0.25) is 5.91 Å². The summed E-state index contributed by atoms with van der Waals surface area (Å²) in [6.07, 6.45) is 0.171. The van der Waals surface area contributed by atoms with Crippen molar-refractivity contribution in [3.05, 3.63) is 48.3 Å². The van der Waals surface area contributed by atoms with Crippen molar-refractivity contribution in [2.45, 2.75) is 12.5 Å². The molecule has 2 aromatic rings. The third kappa shape index (κ3) is 4.28. The number of halogens is 1. The molecule has 0 unspecified atom stereocenters. The van der Waals surface area contributed by atoms with Crippen molar-refractivity contribution in [3.8, 4) is 11.5 Å². The van der Waals surface area contributed by atoms with Crippen LogP contribution in [0.1, 0.15) is 6.42 Å². The second-order valence-electron chi connectivity index (χ2n) is 6.05. The van der Waals surface area contributed by atoms with E-state index in [1.807, 2.05) is 0 Å². The summed E-state index contributed by atoms with van der Waals surface area (Å²) in [5, 5.41) is 5.48. The molecule has 0 aliphatic carbocycles. The lowest BCUT2D eigenvalue weighted by atomic mass is 10.2. The smallest absolute Gasteiger partial charge is 0.319 e. The summed E-state index contributed by atoms with van der Waals surface area (Å²) in [5.74, 6) is 0.566. The van der Waals surface area contributed by atoms with Gasteiger partial charge in [0.05, 0.1) is 25.9 Å². The van der Waals surface area contributed by atoms with Crippen molar-refractivity contribution in [1.29, 1.82) is 0 Å². The number of urea groups is 1. The molecule has 1 fully saturated rings. The van der Waals surface area contributed by atoms with Gasteiger partial charge in [-0.1, -0.05) is 0 Å². The van der Waals surface area contributed by atoms with Gasteiger partial charge in [-0.2, -0.15) is 0 Å². The van der Waals surface area contributed by atoms with Gasteiger partial charge in [0.15, 0.2) is 0 Å². The van der Waals surface area contributed by atoms with Gasteiger partial charge in [0.1, 0.15) is 17.3 Å². The number of benzene rings is 2. The Balaban J connectivity index is 1.62. The number of anilines is 2. The molecule has 0 saturated carbocycles. The molecule has 2 aromatic carbocycles. The molecule has 3 amide bonds. The highest BCUT2D eigenvalue weighted by atomic mass is 19.1. The molecule has 8 heteroatoms. The quantitative estimate of drug-likeness (QED) is 0.845. The van der Waals surface area contributed by atoms with Crippen LogP contribution in [0.2, 0.25) is 0 Å². The predicted octanol–water partition coefficient (Wildman–Crippen LogP) is 2.77. The van der Waals surface area contributed by atoms with E-state index >= 15 is 0 Å². The molecule has 2 N–H and O–H groups in total. The summed E-state index contributed by atoms with van der Waals surface area (Å²) in [5.41, 5.74) is 1.08. The van der Waals surface area contributed by atoms with Crippen molar-refractivity contribution in [1.82, 2.24) is 5.32 Å². The summed E-state index contributed by atoms with van der Waals surface area (Å²) in [7, 11) is 3.03. The maximum absolute atomic E-state index is 13.0. The molecular formula is C19H20FN3O4. The Labute approximate surface area is 156 Å². The van der Waals surface area contributed by atoms with E-state index in [2.05, 4.69) is 10.6 Å². The average molecular weight is 373 g/mol. The van der Waals surface area contributed by atoms with Crippen molar-refractivity contribution in [2.75, 3.05) is 31.0 Å². The van der Waals surface area contributed by atoms with Crippen LogP contribution in [0, 0.1) is 5.82 Å². The highest BCUT2D eigenvalue weighted by molar-refractivity contribution is 5.98. The maximum Gasteiger partial charge on any atom is 0.319 e. The Hall–Kier alpha value is -3.29. The third-order valence-corrected chi connectivity index (χ3v) is 4.26. The SMILES string of the molecule is COc1ccc(NC(=O)N[C@@H]2CC(=O)N(c3ccc(F)cc3)C2)c(OC)c1.